The lowest BCUT2D eigenvalue weighted by atomic mass is 9.67. The van der Waals surface area contributed by atoms with Crippen molar-refractivity contribution < 1.29 is 9.90 Å². The smallest absolute Gasteiger partial charge is 0.254 e. The van der Waals surface area contributed by atoms with Crippen molar-refractivity contribution in [1.82, 2.24) is 4.90 Å². The molecule has 0 aromatic heterocycles. The molecule has 0 radical (unpaired) electrons. The molecule has 2 unspecified atom stereocenters. The quantitative estimate of drug-likeness (QED) is 0.711. The Morgan fingerprint density at radius 2 is 2.00 bits per heavy atom. The maximum Gasteiger partial charge on any atom is 0.254 e. The molecule has 1 fully saturated rings. The maximum atomic E-state index is 12.2. The average molecular weight is 255 g/mol. The van der Waals surface area contributed by atoms with Crippen LogP contribution in [-0.4, -0.2) is 35.1 Å². The third kappa shape index (κ3) is 2.71. The van der Waals surface area contributed by atoms with Crippen molar-refractivity contribution >= 4 is 5.91 Å². The van der Waals surface area contributed by atoms with Gasteiger partial charge in [0, 0.05) is 25.4 Å². The summed E-state index contributed by atoms with van der Waals surface area (Å²) in [7, 11) is 1.79. The van der Waals surface area contributed by atoms with E-state index in [0.29, 0.717) is 13.0 Å². The standard InChI is InChI=1S/C15H29NO2/c1-5-7-8-9-10-14(3,6-2)15(18)11-12-16(4)13(15)17/h18H,5-12H2,1-4H3. The largest absolute Gasteiger partial charge is 0.379 e. The summed E-state index contributed by atoms with van der Waals surface area (Å²) in [5.74, 6) is -0.0812. The summed E-state index contributed by atoms with van der Waals surface area (Å²) in [6.45, 7) is 7.04. The molecule has 1 N–H and O–H groups in total. The zero-order valence-electron chi connectivity index (χ0n) is 12.5. The van der Waals surface area contributed by atoms with Gasteiger partial charge in [-0.15, -0.1) is 0 Å². The number of unbranched alkanes of at least 4 members (excludes halogenated alkanes) is 3. The first-order chi connectivity index (χ1) is 8.41. The van der Waals surface area contributed by atoms with Crippen LogP contribution in [0.2, 0.25) is 0 Å². The lowest BCUT2D eigenvalue weighted by molar-refractivity contribution is -0.156. The van der Waals surface area contributed by atoms with E-state index in [0.717, 1.165) is 19.3 Å². The van der Waals surface area contributed by atoms with Crippen LogP contribution in [-0.2, 0) is 4.79 Å². The highest BCUT2D eigenvalue weighted by molar-refractivity contribution is 5.87. The number of nitrogens with zero attached hydrogens (tertiary/aromatic N) is 1. The number of carbonyl (C=O) groups is 1. The fraction of sp³-hybridized carbons (Fsp3) is 0.933. The summed E-state index contributed by atoms with van der Waals surface area (Å²) in [6, 6.07) is 0. The number of rotatable bonds is 7. The molecule has 18 heavy (non-hydrogen) atoms. The highest BCUT2D eigenvalue weighted by atomic mass is 16.3. The Labute approximate surface area is 112 Å². The van der Waals surface area contributed by atoms with Crippen molar-refractivity contribution in [2.45, 2.75) is 71.3 Å². The van der Waals surface area contributed by atoms with Crippen molar-refractivity contribution in [2.75, 3.05) is 13.6 Å². The molecule has 1 saturated heterocycles. The summed E-state index contributed by atoms with van der Waals surface area (Å²) >= 11 is 0. The van der Waals surface area contributed by atoms with E-state index in [2.05, 4.69) is 20.8 Å². The lowest BCUT2D eigenvalue weighted by Gasteiger charge is -2.40. The van der Waals surface area contributed by atoms with Gasteiger partial charge < -0.3 is 10.0 Å². The molecule has 0 aromatic rings. The number of carbonyl (C=O) groups excluding carboxylic acids is 1. The van der Waals surface area contributed by atoms with Crippen LogP contribution in [0.3, 0.4) is 0 Å². The molecular weight excluding hydrogens is 226 g/mol. The van der Waals surface area contributed by atoms with Crippen LogP contribution in [0.15, 0.2) is 0 Å². The van der Waals surface area contributed by atoms with E-state index in [1.165, 1.54) is 19.3 Å². The predicted octanol–water partition coefficient (Wildman–Crippen LogP) is 2.97. The molecule has 0 saturated carbocycles. The van der Waals surface area contributed by atoms with E-state index in [4.69, 9.17) is 0 Å². The summed E-state index contributed by atoms with van der Waals surface area (Å²) in [5, 5.41) is 10.8. The van der Waals surface area contributed by atoms with Gasteiger partial charge in [-0.3, -0.25) is 4.79 Å². The third-order valence-corrected chi connectivity index (χ3v) is 4.87. The fourth-order valence-corrected chi connectivity index (χ4v) is 3.03. The normalized spacial score (nSPS) is 27.6. The van der Waals surface area contributed by atoms with Gasteiger partial charge >= 0.3 is 0 Å². The minimum Gasteiger partial charge on any atom is -0.379 e. The molecule has 1 amide bonds. The molecular formula is C15H29NO2. The Kier molecular flexibility index (Phi) is 5.20. The lowest BCUT2D eigenvalue weighted by Crippen LogP contribution is -2.51. The van der Waals surface area contributed by atoms with E-state index in [1.807, 2.05) is 0 Å². The highest BCUT2D eigenvalue weighted by Gasteiger charge is 2.55. The predicted molar refractivity (Wildman–Crippen MR) is 74.4 cm³/mol. The molecule has 1 aliphatic heterocycles. The average Bonchev–Trinajstić information content (AvgIpc) is 2.64. The van der Waals surface area contributed by atoms with E-state index in [1.54, 1.807) is 11.9 Å². The van der Waals surface area contributed by atoms with Crippen molar-refractivity contribution in [1.29, 1.82) is 0 Å². The maximum absolute atomic E-state index is 12.2. The first-order valence-electron chi connectivity index (χ1n) is 7.39. The molecule has 1 heterocycles. The second-order valence-corrected chi connectivity index (χ2v) is 6.06. The summed E-state index contributed by atoms with van der Waals surface area (Å²) in [6.07, 6.45) is 7.15. The molecule has 3 nitrogen and oxygen atoms in total. The fourth-order valence-electron chi connectivity index (χ4n) is 3.03. The molecule has 2 atom stereocenters. The molecule has 0 bridgehead atoms. The Balaban J connectivity index is 2.71. The number of hydrogen-bond donors (Lipinski definition) is 1. The van der Waals surface area contributed by atoms with Gasteiger partial charge in [0.2, 0.25) is 0 Å². The number of aliphatic hydroxyl groups is 1. The van der Waals surface area contributed by atoms with Crippen LogP contribution in [0.4, 0.5) is 0 Å². The first kappa shape index (κ1) is 15.5. The monoisotopic (exact) mass is 255 g/mol. The van der Waals surface area contributed by atoms with Gasteiger partial charge in [-0.1, -0.05) is 46.5 Å². The van der Waals surface area contributed by atoms with Crippen LogP contribution in [0.1, 0.15) is 65.7 Å². The van der Waals surface area contributed by atoms with Gasteiger partial charge in [-0.2, -0.15) is 0 Å². The van der Waals surface area contributed by atoms with Gasteiger partial charge in [0.15, 0.2) is 0 Å². The van der Waals surface area contributed by atoms with E-state index < -0.39 is 5.60 Å². The van der Waals surface area contributed by atoms with Crippen molar-refractivity contribution in [3.8, 4) is 0 Å². The van der Waals surface area contributed by atoms with Gasteiger partial charge in [0.05, 0.1) is 0 Å². The number of amides is 1. The summed E-state index contributed by atoms with van der Waals surface area (Å²) in [4.78, 5) is 13.9. The Morgan fingerprint density at radius 3 is 2.44 bits per heavy atom. The molecule has 1 rings (SSSR count). The van der Waals surface area contributed by atoms with E-state index >= 15 is 0 Å². The molecule has 0 spiro atoms. The minimum atomic E-state index is -1.14. The minimum absolute atomic E-state index is 0.0812. The first-order valence-corrected chi connectivity index (χ1v) is 7.39. The van der Waals surface area contributed by atoms with E-state index in [9.17, 15) is 9.90 Å². The van der Waals surface area contributed by atoms with Crippen molar-refractivity contribution in [3.05, 3.63) is 0 Å². The van der Waals surface area contributed by atoms with Gasteiger partial charge in [-0.25, -0.2) is 0 Å². The Hall–Kier alpha value is -0.570. The number of likely N-dealkylation sites (N-methyl/N-ethyl adjacent to an activating group) is 1. The van der Waals surface area contributed by atoms with Gasteiger partial charge in [0.1, 0.15) is 5.60 Å². The molecule has 3 heteroatoms. The topological polar surface area (TPSA) is 40.5 Å². The van der Waals surface area contributed by atoms with Crippen LogP contribution in [0.25, 0.3) is 0 Å². The van der Waals surface area contributed by atoms with E-state index in [-0.39, 0.29) is 11.3 Å². The van der Waals surface area contributed by atoms with Crippen LogP contribution < -0.4 is 0 Å². The second-order valence-electron chi connectivity index (χ2n) is 6.06. The van der Waals surface area contributed by atoms with Gasteiger partial charge in [0.25, 0.3) is 5.91 Å². The van der Waals surface area contributed by atoms with Crippen molar-refractivity contribution in [3.63, 3.8) is 0 Å². The summed E-state index contributed by atoms with van der Waals surface area (Å²) in [5.41, 5.74) is -1.41. The molecule has 1 aliphatic rings. The highest BCUT2D eigenvalue weighted by Crippen LogP contribution is 2.45. The number of hydrogen-bond acceptors (Lipinski definition) is 2. The second kappa shape index (κ2) is 6.05. The van der Waals surface area contributed by atoms with Crippen LogP contribution in [0.5, 0.6) is 0 Å². The van der Waals surface area contributed by atoms with Crippen LogP contribution >= 0.6 is 0 Å². The zero-order chi connectivity index (χ0) is 13.8. The Bertz CT molecular complexity index is 292. The SMILES string of the molecule is CCCCCCC(C)(CC)C1(O)CCN(C)C1=O. The third-order valence-electron chi connectivity index (χ3n) is 4.87. The molecule has 0 aliphatic carbocycles. The number of likely N-dealkylation sites (tertiary alicyclic amines) is 1. The summed E-state index contributed by atoms with van der Waals surface area (Å²) < 4.78 is 0. The molecule has 106 valence electrons. The van der Waals surface area contributed by atoms with Crippen LogP contribution in [0, 0.1) is 5.41 Å². The zero-order valence-corrected chi connectivity index (χ0v) is 12.5. The van der Waals surface area contributed by atoms with Gasteiger partial charge in [-0.05, 0) is 12.8 Å². The van der Waals surface area contributed by atoms with Crippen molar-refractivity contribution in [2.24, 2.45) is 5.41 Å². The Morgan fingerprint density at radius 1 is 1.33 bits per heavy atom. The molecule has 0 aromatic carbocycles.